The molecule has 1 aromatic heterocycles. The lowest BCUT2D eigenvalue weighted by Gasteiger charge is -2.11. The minimum atomic E-state index is -0.0745. The van der Waals surface area contributed by atoms with Crippen LogP contribution < -0.4 is 5.73 Å². The summed E-state index contributed by atoms with van der Waals surface area (Å²) >= 11 is 0. The molecule has 0 aromatic carbocycles. The standard InChI is InChI=1S/C11H14N2/c1-8(10(3)12)9(2)11-6-4-5-7-13-11/h4-7,10H,1-2,12H2,3H3. The molecule has 2 N–H and O–H groups in total. The van der Waals surface area contributed by atoms with Crippen molar-refractivity contribution >= 4 is 5.57 Å². The van der Waals surface area contributed by atoms with Gasteiger partial charge in [0, 0.05) is 12.2 Å². The quantitative estimate of drug-likeness (QED) is 0.712. The fourth-order valence-corrected chi connectivity index (χ4v) is 0.981. The van der Waals surface area contributed by atoms with Gasteiger partial charge in [0.25, 0.3) is 0 Å². The van der Waals surface area contributed by atoms with Crippen LogP contribution in [0.3, 0.4) is 0 Å². The summed E-state index contributed by atoms with van der Waals surface area (Å²) in [6.45, 7) is 9.66. The van der Waals surface area contributed by atoms with Crippen molar-refractivity contribution in [2.75, 3.05) is 0 Å². The first-order chi connectivity index (χ1) is 6.13. The van der Waals surface area contributed by atoms with Gasteiger partial charge in [0.05, 0.1) is 5.69 Å². The molecule has 1 heterocycles. The van der Waals surface area contributed by atoms with Crippen molar-refractivity contribution < 1.29 is 0 Å². The Labute approximate surface area is 78.8 Å². The molecule has 0 aliphatic rings. The fourth-order valence-electron chi connectivity index (χ4n) is 0.981. The number of rotatable bonds is 3. The topological polar surface area (TPSA) is 38.9 Å². The molecule has 68 valence electrons. The number of nitrogens with zero attached hydrogens (tertiary/aromatic N) is 1. The molecule has 2 heteroatoms. The second kappa shape index (κ2) is 4.01. The monoisotopic (exact) mass is 174 g/mol. The van der Waals surface area contributed by atoms with Gasteiger partial charge in [0.1, 0.15) is 0 Å². The lowest BCUT2D eigenvalue weighted by atomic mass is 10.0. The first-order valence-corrected chi connectivity index (χ1v) is 4.18. The van der Waals surface area contributed by atoms with Gasteiger partial charge in [-0.05, 0) is 30.2 Å². The van der Waals surface area contributed by atoms with E-state index in [1.165, 1.54) is 0 Å². The van der Waals surface area contributed by atoms with Gasteiger partial charge in [0.2, 0.25) is 0 Å². The largest absolute Gasteiger partial charge is 0.324 e. The van der Waals surface area contributed by atoms with E-state index in [0.29, 0.717) is 0 Å². The Morgan fingerprint density at radius 2 is 2.15 bits per heavy atom. The third-order valence-corrected chi connectivity index (χ3v) is 1.91. The highest BCUT2D eigenvalue weighted by Crippen LogP contribution is 2.18. The maximum atomic E-state index is 5.69. The molecule has 0 fully saturated rings. The van der Waals surface area contributed by atoms with Crippen molar-refractivity contribution in [2.45, 2.75) is 13.0 Å². The summed E-state index contributed by atoms with van der Waals surface area (Å²) in [4.78, 5) is 4.17. The number of hydrogen-bond donors (Lipinski definition) is 1. The van der Waals surface area contributed by atoms with Crippen LogP contribution in [0, 0.1) is 0 Å². The molecule has 0 spiro atoms. The predicted octanol–water partition coefficient (Wildman–Crippen LogP) is 2.00. The van der Waals surface area contributed by atoms with Crippen molar-refractivity contribution in [2.24, 2.45) is 5.73 Å². The normalized spacial score (nSPS) is 12.2. The summed E-state index contributed by atoms with van der Waals surface area (Å²) in [7, 11) is 0. The average Bonchev–Trinajstić information content (AvgIpc) is 2.17. The lowest BCUT2D eigenvalue weighted by Crippen LogP contribution is -2.18. The van der Waals surface area contributed by atoms with E-state index in [-0.39, 0.29) is 6.04 Å². The molecule has 0 saturated carbocycles. The number of nitrogens with two attached hydrogens (primary N) is 1. The van der Waals surface area contributed by atoms with E-state index in [9.17, 15) is 0 Å². The molecule has 0 amide bonds. The van der Waals surface area contributed by atoms with Crippen molar-refractivity contribution in [1.82, 2.24) is 4.98 Å². The maximum Gasteiger partial charge on any atom is 0.0699 e. The molecule has 0 bridgehead atoms. The van der Waals surface area contributed by atoms with E-state index in [4.69, 9.17) is 5.73 Å². The molecule has 0 aliphatic carbocycles. The minimum Gasteiger partial charge on any atom is -0.324 e. The highest BCUT2D eigenvalue weighted by Gasteiger charge is 2.07. The third-order valence-electron chi connectivity index (χ3n) is 1.91. The molecule has 0 saturated heterocycles. The second-order valence-corrected chi connectivity index (χ2v) is 3.01. The van der Waals surface area contributed by atoms with Gasteiger partial charge >= 0.3 is 0 Å². The van der Waals surface area contributed by atoms with Crippen LogP contribution in [0.1, 0.15) is 12.6 Å². The molecule has 1 unspecified atom stereocenters. The van der Waals surface area contributed by atoms with E-state index in [1.54, 1.807) is 6.20 Å². The SMILES string of the molecule is C=C(C(=C)C(C)N)c1ccccn1. The highest BCUT2D eigenvalue weighted by molar-refractivity contribution is 5.75. The first-order valence-electron chi connectivity index (χ1n) is 4.18. The smallest absolute Gasteiger partial charge is 0.0699 e. The lowest BCUT2D eigenvalue weighted by molar-refractivity contribution is 0.893. The van der Waals surface area contributed by atoms with Crippen LogP contribution in [0.4, 0.5) is 0 Å². The van der Waals surface area contributed by atoms with E-state index >= 15 is 0 Å². The molecular formula is C11H14N2. The summed E-state index contributed by atoms with van der Waals surface area (Å²) in [5.41, 5.74) is 8.17. The second-order valence-electron chi connectivity index (χ2n) is 3.01. The Bertz CT molecular complexity index is 312. The number of aromatic nitrogens is 1. The van der Waals surface area contributed by atoms with Gasteiger partial charge in [-0.25, -0.2) is 0 Å². The molecule has 0 aliphatic heterocycles. The minimum absolute atomic E-state index is 0.0745. The summed E-state index contributed by atoms with van der Waals surface area (Å²) in [5.74, 6) is 0. The molecule has 2 nitrogen and oxygen atoms in total. The van der Waals surface area contributed by atoms with Crippen LogP contribution in [0.5, 0.6) is 0 Å². The maximum absolute atomic E-state index is 5.69. The summed E-state index contributed by atoms with van der Waals surface area (Å²) in [6.07, 6.45) is 1.73. The Kier molecular flexibility index (Phi) is 2.98. The van der Waals surface area contributed by atoms with Crippen LogP contribution >= 0.6 is 0 Å². The van der Waals surface area contributed by atoms with Crippen LogP contribution in [-0.4, -0.2) is 11.0 Å². The summed E-state index contributed by atoms with van der Waals surface area (Å²) < 4.78 is 0. The predicted molar refractivity (Wildman–Crippen MR) is 56.1 cm³/mol. The van der Waals surface area contributed by atoms with Gasteiger partial charge in [0.15, 0.2) is 0 Å². The van der Waals surface area contributed by atoms with E-state index < -0.39 is 0 Å². The highest BCUT2D eigenvalue weighted by atomic mass is 14.7. The van der Waals surface area contributed by atoms with Gasteiger partial charge in [-0.3, -0.25) is 4.98 Å². The van der Waals surface area contributed by atoms with Gasteiger partial charge in [-0.2, -0.15) is 0 Å². The van der Waals surface area contributed by atoms with Gasteiger partial charge < -0.3 is 5.73 Å². The van der Waals surface area contributed by atoms with Crippen LogP contribution in [0.2, 0.25) is 0 Å². The Hall–Kier alpha value is -1.41. The third kappa shape index (κ3) is 2.26. The molecule has 0 radical (unpaired) electrons. The van der Waals surface area contributed by atoms with E-state index in [1.807, 2.05) is 25.1 Å². The van der Waals surface area contributed by atoms with Crippen molar-refractivity contribution in [3.63, 3.8) is 0 Å². The molecular weight excluding hydrogens is 160 g/mol. The van der Waals surface area contributed by atoms with Crippen LogP contribution in [0.15, 0.2) is 43.1 Å². The zero-order chi connectivity index (χ0) is 9.84. The Balaban J connectivity index is 2.87. The number of pyridine rings is 1. The van der Waals surface area contributed by atoms with Crippen molar-refractivity contribution in [3.8, 4) is 0 Å². The zero-order valence-corrected chi connectivity index (χ0v) is 7.83. The van der Waals surface area contributed by atoms with Crippen molar-refractivity contribution in [3.05, 3.63) is 48.8 Å². The molecule has 1 rings (SSSR count). The van der Waals surface area contributed by atoms with Gasteiger partial charge in [-0.1, -0.05) is 19.2 Å². The first kappa shape index (κ1) is 9.68. The van der Waals surface area contributed by atoms with E-state index in [0.717, 1.165) is 16.8 Å². The molecule has 1 aromatic rings. The molecule has 13 heavy (non-hydrogen) atoms. The average molecular weight is 174 g/mol. The number of hydrogen-bond acceptors (Lipinski definition) is 2. The molecule has 1 atom stereocenters. The van der Waals surface area contributed by atoms with Crippen LogP contribution in [-0.2, 0) is 0 Å². The zero-order valence-electron chi connectivity index (χ0n) is 7.83. The van der Waals surface area contributed by atoms with Crippen molar-refractivity contribution in [1.29, 1.82) is 0 Å². The summed E-state index contributed by atoms with van der Waals surface area (Å²) in [6, 6.07) is 5.61. The Morgan fingerprint density at radius 3 is 2.62 bits per heavy atom. The summed E-state index contributed by atoms with van der Waals surface area (Å²) in [5, 5.41) is 0. The van der Waals surface area contributed by atoms with Gasteiger partial charge in [-0.15, -0.1) is 0 Å². The fraction of sp³-hybridized carbons (Fsp3) is 0.182. The Morgan fingerprint density at radius 1 is 1.46 bits per heavy atom. The van der Waals surface area contributed by atoms with E-state index in [2.05, 4.69) is 18.1 Å². The van der Waals surface area contributed by atoms with Crippen LogP contribution in [0.25, 0.3) is 5.57 Å².